The van der Waals surface area contributed by atoms with Crippen LogP contribution in [0.1, 0.15) is 13.8 Å². The van der Waals surface area contributed by atoms with Crippen molar-refractivity contribution >= 4 is 22.9 Å². The molecule has 1 fully saturated rings. The molecule has 0 aliphatic carbocycles. The predicted molar refractivity (Wildman–Crippen MR) is 98.1 cm³/mol. The first kappa shape index (κ1) is 16.4. The van der Waals surface area contributed by atoms with Crippen LogP contribution in [0, 0.1) is 5.92 Å². The summed E-state index contributed by atoms with van der Waals surface area (Å²) >= 11 is 0. The van der Waals surface area contributed by atoms with Gasteiger partial charge < -0.3 is 9.80 Å². The topological polar surface area (TPSA) is 80.0 Å². The number of fused-ring (bicyclic) bond motifs is 1. The molecule has 1 aromatic carbocycles. The Morgan fingerprint density at radius 3 is 2.46 bits per heavy atom. The van der Waals surface area contributed by atoms with Gasteiger partial charge in [0, 0.05) is 32.1 Å². The number of para-hydroxylation sites is 1. The maximum absolute atomic E-state index is 12.2. The van der Waals surface area contributed by atoms with E-state index in [1.165, 1.54) is 0 Å². The minimum atomic E-state index is 0.0260. The molecule has 1 saturated heterocycles. The molecule has 0 radical (unpaired) electrons. The first-order valence-corrected chi connectivity index (χ1v) is 8.80. The van der Waals surface area contributed by atoms with Crippen molar-refractivity contribution in [3.63, 3.8) is 0 Å². The lowest BCUT2D eigenvalue weighted by Gasteiger charge is -2.36. The van der Waals surface area contributed by atoms with Gasteiger partial charge in [-0.3, -0.25) is 4.79 Å². The number of benzene rings is 1. The van der Waals surface area contributed by atoms with Gasteiger partial charge in [-0.2, -0.15) is 4.68 Å². The van der Waals surface area contributed by atoms with E-state index in [9.17, 15) is 4.79 Å². The normalized spacial score (nSPS) is 15.0. The second kappa shape index (κ2) is 6.70. The molecule has 134 valence electrons. The van der Waals surface area contributed by atoms with Gasteiger partial charge in [-0.25, -0.2) is 9.97 Å². The summed E-state index contributed by atoms with van der Waals surface area (Å²) in [5, 5.41) is 8.58. The van der Waals surface area contributed by atoms with Crippen molar-refractivity contribution in [1.29, 1.82) is 0 Å². The Morgan fingerprint density at radius 2 is 1.77 bits per heavy atom. The average molecular weight is 351 g/mol. The molecule has 8 nitrogen and oxygen atoms in total. The van der Waals surface area contributed by atoms with Gasteiger partial charge in [0.25, 0.3) is 0 Å². The molecule has 8 heteroatoms. The summed E-state index contributed by atoms with van der Waals surface area (Å²) in [4.78, 5) is 25.1. The number of hydrogen-bond donors (Lipinski definition) is 0. The second-order valence-electron chi connectivity index (χ2n) is 6.67. The quantitative estimate of drug-likeness (QED) is 0.712. The molecule has 2 aromatic heterocycles. The van der Waals surface area contributed by atoms with Crippen LogP contribution in [-0.4, -0.2) is 61.9 Å². The van der Waals surface area contributed by atoms with Crippen LogP contribution in [0.15, 0.2) is 36.7 Å². The summed E-state index contributed by atoms with van der Waals surface area (Å²) in [5.41, 5.74) is 2.27. The van der Waals surface area contributed by atoms with Crippen molar-refractivity contribution in [2.75, 3.05) is 31.1 Å². The van der Waals surface area contributed by atoms with E-state index < -0.39 is 0 Å². The van der Waals surface area contributed by atoms with Crippen molar-refractivity contribution in [2.24, 2.45) is 5.92 Å². The lowest BCUT2D eigenvalue weighted by Crippen LogP contribution is -2.50. The summed E-state index contributed by atoms with van der Waals surface area (Å²) in [6.45, 7) is 6.70. The molecule has 0 bridgehead atoms. The average Bonchev–Trinajstić information content (AvgIpc) is 3.12. The molecule has 0 spiro atoms. The third-order valence-electron chi connectivity index (χ3n) is 4.60. The first-order chi connectivity index (χ1) is 12.6. The highest BCUT2D eigenvalue weighted by molar-refractivity contribution is 5.84. The summed E-state index contributed by atoms with van der Waals surface area (Å²) in [6, 6.07) is 9.80. The Hall–Kier alpha value is -3.03. The summed E-state index contributed by atoms with van der Waals surface area (Å²) in [5.74, 6) is 0.999. The summed E-state index contributed by atoms with van der Waals surface area (Å²) in [6.07, 6.45) is 1.55. The zero-order valence-electron chi connectivity index (χ0n) is 14.9. The molecule has 1 amide bonds. The first-order valence-electron chi connectivity index (χ1n) is 8.80. The third-order valence-corrected chi connectivity index (χ3v) is 4.60. The van der Waals surface area contributed by atoms with Crippen LogP contribution in [0.4, 0.5) is 5.82 Å². The highest BCUT2D eigenvalue weighted by Gasteiger charge is 2.25. The molecule has 0 saturated carbocycles. The lowest BCUT2D eigenvalue weighted by molar-refractivity contribution is -0.134. The van der Waals surface area contributed by atoms with Gasteiger partial charge in [0.05, 0.1) is 5.69 Å². The SMILES string of the molecule is CC(C)C(=O)N1CCN(c2ncnc3c2nnn3-c2ccccc2)CC1. The van der Waals surface area contributed by atoms with E-state index >= 15 is 0 Å². The Balaban J connectivity index is 1.61. The Kier molecular flexibility index (Phi) is 4.24. The number of carbonyl (C=O) groups excluding carboxylic acids is 1. The van der Waals surface area contributed by atoms with Crippen molar-refractivity contribution in [2.45, 2.75) is 13.8 Å². The van der Waals surface area contributed by atoms with Gasteiger partial charge in [0.15, 0.2) is 17.0 Å². The van der Waals surface area contributed by atoms with E-state index in [0.29, 0.717) is 24.3 Å². The smallest absolute Gasteiger partial charge is 0.225 e. The molecule has 0 N–H and O–H groups in total. The third kappa shape index (κ3) is 2.87. The van der Waals surface area contributed by atoms with Crippen LogP contribution in [0.25, 0.3) is 16.9 Å². The number of carbonyl (C=O) groups is 1. The largest absolute Gasteiger partial charge is 0.351 e. The number of rotatable bonds is 3. The van der Waals surface area contributed by atoms with Gasteiger partial charge in [0.1, 0.15) is 6.33 Å². The number of aromatic nitrogens is 5. The van der Waals surface area contributed by atoms with E-state index in [1.807, 2.05) is 49.1 Å². The van der Waals surface area contributed by atoms with E-state index in [0.717, 1.165) is 24.6 Å². The molecule has 0 unspecified atom stereocenters. The van der Waals surface area contributed by atoms with Crippen LogP contribution in [0.5, 0.6) is 0 Å². The zero-order chi connectivity index (χ0) is 18.1. The van der Waals surface area contributed by atoms with E-state index in [-0.39, 0.29) is 11.8 Å². The summed E-state index contributed by atoms with van der Waals surface area (Å²) in [7, 11) is 0. The molecule has 4 rings (SSSR count). The van der Waals surface area contributed by atoms with E-state index in [2.05, 4.69) is 25.2 Å². The Morgan fingerprint density at radius 1 is 1.04 bits per heavy atom. The molecule has 26 heavy (non-hydrogen) atoms. The number of nitrogens with zero attached hydrogens (tertiary/aromatic N) is 7. The molecular formula is C18H21N7O. The predicted octanol–water partition coefficient (Wildman–Crippen LogP) is 1.52. The fourth-order valence-electron chi connectivity index (χ4n) is 3.22. The zero-order valence-corrected chi connectivity index (χ0v) is 14.9. The van der Waals surface area contributed by atoms with Crippen LogP contribution in [0.3, 0.4) is 0 Å². The van der Waals surface area contributed by atoms with Gasteiger partial charge in [-0.15, -0.1) is 5.10 Å². The minimum absolute atomic E-state index is 0.0260. The Labute approximate surface area is 151 Å². The molecule has 3 heterocycles. The second-order valence-corrected chi connectivity index (χ2v) is 6.67. The maximum Gasteiger partial charge on any atom is 0.225 e. The highest BCUT2D eigenvalue weighted by Crippen LogP contribution is 2.23. The highest BCUT2D eigenvalue weighted by atomic mass is 16.2. The fraction of sp³-hybridized carbons (Fsp3) is 0.389. The summed E-state index contributed by atoms with van der Waals surface area (Å²) < 4.78 is 1.72. The maximum atomic E-state index is 12.2. The molecular weight excluding hydrogens is 330 g/mol. The van der Waals surface area contributed by atoms with Gasteiger partial charge in [-0.05, 0) is 12.1 Å². The fourth-order valence-corrected chi connectivity index (χ4v) is 3.22. The van der Waals surface area contributed by atoms with Crippen molar-refractivity contribution in [1.82, 2.24) is 29.9 Å². The number of piperazine rings is 1. The molecule has 0 atom stereocenters. The standard InChI is InChI=1S/C18H21N7O/c1-13(2)18(26)24-10-8-23(9-11-24)16-15-17(20-12-19-16)25(22-21-15)14-6-4-3-5-7-14/h3-7,12-13H,8-11H2,1-2H3. The minimum Gasteiger partial charge on any atom is -0.351 e. The number of anilines is 1. The number of amides is 1. The molecule has 1 aliphatic heterocycles. The van der Waals surface area contributed by atoms with Gasteiger partial charge in [-0.1, -0.05) is 37.3 Å². The van der Waals surface area contributed by atoms with E-state index in [1.54, 1.807) is 11.0 Å². The van der Waals surface area contributed by atoms with Gasteiger partial charge >= 0.3 is 0 Å². The van der Waals surface area contributed by atoms with Crippen LogP contribution < -0.4 is 4.90 Å². The lowest BCUT2D eigenvalue weighted by atomic mass is 10.1. The number of hydrogen-bond acceptors (Lipinski definition) is 6. The van der Waals surface area contributed by atoms with Crippen molar-refractivity contribution in [3.05, 3.63) is 36.7 Å². The van der Waals surface area contributed by atoms with Crippen molar-refractivity contribution in [3.8, 4) is 5.69 Å². The van der Waals surface area contributed by atoms with Crippen molar-refractivity contribution < 1.29 is 4.79 Å². The van der Waals surface area contributed by atoms with E-state index in [4.69, 9.17) is 0 Å². The molecule has 1 aliphatic rings. The van der Waals surface area contributed by atoms with Crippen LogP contribution >= 0.6 is 0 Å². The monoisotopic (exact) mass is 351 g/mol. The Bertz CT molecular complexity index is 914. The van der Waals surface area contributed by atoms with Crippen LogP contribution in [-0.2, 0) is 4.79 Å². The van der Waals surface area contributed by atoms with Gasteiger partial charge in [0.2, 0.25) is 5.91 Å². The van der Waals surface area contributed by atoms with Crippen LogP contribution in [0.2, 0.25) is 0 Å². The molecule has 3 aromatic rings.